The van der Waals surface area contributed by atoms with Gasteiger partial charge in [-0.05, 0) is 52.6 Å². The molecule has 0 fully saturated rings. The summed E-state index contributed by atoms with van der Waals surface area (Å²) in [5.41, 5.74) is 7.92. The smallest absolute Gasteiger partial charge is 0.164 e. The van der Waals surface area contributed by atoms with Gasteiger partial charge in [-0.2, -0.15) is 0 Å². The van der Waals surface area contributed by atoms with Crippen molar-refractivity contribution in [3.63, 3.8) is 0 Å². The van der Waals surface area contributed by atoms with Crippen LogP contribution in [0, 0.1) is 0 Å². The summed E-state index contributed by atoms with van der Waals surface area (Å²) in [6.07, 6.45) is 0. The van der Waals surface area contributed by atoms with E-state index in [2.05, 4.69) is 144 Å². The first-order valence-corrected chi connectivity index (χ1v) is 17.5. The van der Waals surface area contributed by atoms with Crippen LogP contribution in [0.4, 0.5) is 0 Å². The van der Waals surface area contributed by atoms with Gasteiger partial charge in [0.25, 0.3) is 0 Å². The molecule has 0 N–H and O–H groups in total. The number of aromatic nitrogens is 4. The maximum atomic E-state index is 6.25. The molecule has 242 valence electrons. The molecule has 0 unspecified atom stereocenters. The first-order chi connectivity index (χ1) is 25.8. The summed E-state index contributed by atoms with van der Waals surface area (Å²) in [5, 5.41) is 8.99. The van der Waals surface area contributed by atoms with Crippen LogP contribution in [-0.2, 0) is 0 Å². The Kier molecular flexibility index (Phi) is 6.18. The Bertz CT molecular complexity index is 3180. The predicted molar refractivity (Wildman–Crippen MR) is 213 cm³/mol. The average Bonchev–Trinajstić information content (AvgIpc) is 3.78. The average molecular weight is 665 g/mol. The fourth-order valence-electron chi connectivity index (χ4n) is 7.97. The van der Waals surface area contributed by atoms with E-state index in [1.54, 1.807) is 0 Å². The number of benzene rings is 8. The summed E-state index contributed by atoms with van der Waals surface area (Å²) < 4.78 is 8.63. The van der Waals surface area contributed by atoms with Gasteiger partial charge < -0.3 is 8.98 Å². The molecule has 5 heteroatoms. The highest BCUT2D eigenvalue weighted by atomic mass is 16.3. The Morgan fingerprint density at radius 3 is 1.90 bits per heavy atom. The number of para-hydroxylation sites is 2. The summed E-state index contributed by atoms with van der Waals surface area (Å²) >= 11 is 0. The molecule has 0 saturated carbocycles. The topological polar surface area (TPSA) is 56.7 Å². The van der Waals surface area contributed by atoms with Crippen molar-refractivity contribution in [3.05, 3.63) is 170 Å². The Morgan fingerprint density at radius 1 is 0.385 bits per heavy atom. The number of nitrogens with zero attached hydrogens (tertiary/aromatic N) is 4. The van der Waals surface area contributed by atoms with Gasteiger partial charge in [0.1, 0.15) is 11.2 Å². The second-order valence-electron chi connectivity index (χ2n) is 13.2. The Labute approximate surface area is 298 Å². The van der Waals surface area contributed by atoms with Crippen LogP contribution in [0.25, 0.3) is 105 Å². The van der Waals surface area contributed by atoms with Gasteiger partial charge in [0.2, 0.25) is 0 Å². The number of fused-ring (bicyclic) bond motifs is 10. The van der Waals surface area contributed by atoms with Crippen LogP contribution in [0.5, 0.6) is 0 Å². The number of hydrogen-bond donors (Lipinski definition) is 0. The van der Waals surface area contributed by atoms with Crippen molar-refractivity contribution in [1.82, 2.24) is 19.5 Å². The summed E-state index contributed by atoms with van der Waals surface area (Å²) in [4.78, 5) is 15.7. The molecule has 0 radical (unpaired) electrons. The highest BCUT2D eigenvalue weighted by molar-refractivity contribution is 6.23. The van der Waals surface area contributed by atoms with E-state index in [0.29, 0.717) is 17.5 Å². The molecule has 0 aliphatic heterocycles. The first kappa shape index (κ1) is 28.7. The Balaban J connectivity index is 1.23. The molecule has 3 aromatic heterocycles. The molecule has 0 spiro atoms. The third kappa shape index (κ3) is 4.26. The zero-order valence-corrected chi connectivity index (χ0v) is 27.9. The minimum absolute atomic E-state index is 0.621. The SMILES string of the molecule is c1ccc(-c2nc(-c3cccc4c3ccc3oc5ccccc5c34)nc(-c3cccc4c3c3ccc5ccccc5c3n4-c3ccccc3)n2)cc1. The molecule has 0 atom stereocenters. The van der Waals surface area contributed by atoms with E-state index < -0.39 is 0 Å². The maximum absolute atomic E-state index is 6.25. The van der Waals surface area contributed by atoms with Crippen LogP contribution in [-0.4, -0.2) is 19.5 Å². The fraction of sp³-hybridized carbons (Fsp3) is 0. The van der Waals surface area contributed by atoms with Gasteiger partial charge in [-0.25, -0.2) is 15.0 Å². The molecule has 52 heavy (non-hydrogen) atoms. The van der Waals surface area contributed by atoms with E-state index in [-0.39, 0.29) is 0 Å². The maximum Gasteiger partial charge on any atom is 0.164 e. The summed E-state index contributed by atoms with van der Waals surface area (Å²) in [5.74, 6) is 1.87. The van der Waals surface area contributed by atoms with Gasteiger partial charge in [0.15, 0.2) is 17.5 Å². The van der Waals surface area contributed by atoms with Crippen molar-refractivity contribution in [2.45, 2.75) is 0 Å². The molecule has 11 aromatic rings. The minimum Gasteiger partial charge on any atom is -0.456 e. The van der Waals surface area contributed by atoms with E-state index in [1.165, 1.54) is 10.8 Å². The van der Waals surface area contributed by atoms with Crippen molar-refractivity contribution >= 4 is 65.3 Å². The molecule has 0 bridgehead atoms. The molecular weight excluding hydrogens is 637 g/mol. The number of rotatable bonds is 4. The minimum atomic E-state index is 0.621. The van der Waals surface area contributed by atoms with Gasteiger partial charge in [-0.1, -0.05) is 133 Å². The van der Waals surface area contributed by atoms with E-state index in [1.807, 2.05) is 30.3 Å². The van der Waals surface area contributed by atoms with Crippen LogP contribution >= 0.6 is 0 Å². The molecule has 0 saturated heterocycles. The summed E-state index contributed by atoms with van der Waals surface area (Å²) in [7, 11) is 0. The van der Waals surface area contributed by atoms with Crippen LogP contribution in [0.15, 0.2) is 174 Å². The second kappa shape index (κ2) is 11.2. The van der Waals surface area contributed by atoms with Crippen molar-refractivity contribution in [2.24, 2.45) is 0 Å². The monoisotopic (exact) mass is 664 g/mol. The molecule has 0 amide bonds. The fourth-order valence-corrected chi connectivity index (χ4v) is 7.97. The summed E-state index contributed by atoms with van der Waals surface area (Å²) in [6, 6.07) is 59.0. The molecule has 5 nitrogen and oxygen atoms in total. The zero-order chi connectivity index (χ0) is 34.2. The van der Waals surface area contributed by atoms with Gasteiger partial charge in [-0.3, -0.25) is 0 Å². The lowest BCUT2D eigenvalue weighted by atomic mass is 9.99. The van der Waals surface area contributed by atoms with Crippen LogP contribution < -0.4 is 0 Å². The third-order valence-corrected chi connectivity index (χ3v) is 10.2. The van der Waals surface area contributed by atoms with E-state index in [0.717, 1.165) is 76.9 Å². The Morgan fingerprint density at radius 2 is 1.04 bits per heavy atom. The second-order valence-corrected chi connectivity index (χ2v) is 13.2. The van der Waals surface area contributed by atoms with Crippen LogP contribution in [0.1, 0.15) is 0 Å². The normalized spacial score (nSPS) is 11.8. The van der Waals surface area contributed by atoms with Crippen LogP contribution in [0.3, 0.4) is 0 Å². The lowest BCUT2D eigenvalue weighted by Gasteiger charge is -2.12. The van der Waals surface area contributed by atoms with Gasteiger partial charge in [0, 0.05) is 49.3 Å². The van der Waals surface area contributed by atoms with E-state index >= 15 is 0 Å². The number of furan rings is 1. The number of hydrogen-bond acceptors (Lipinski definition) is 4. The molecule has 0 aliphatic carbocycles. The van der Waals surface area contributed by atoms with E-state index in [9.17, 15) is 0 Å². The largest absolute Gasteiger partial charge is 0.456 e. The van der Waals surface area contributed by atoms with Crippen molar-refractivity contribution < 1.29 is 4.42 Å². The quantitative estimate of drug-likeness (QED) is 0.188. The third-order valence-electron chi connectivity index (χ3n) is 10.2. The van der Waals surface area contributed by atoms with Crippen LogP contribution in [0.2, 0.25) is 0 Å². The Hall–Kier alpha value is -7.11. The first-order valence-electron chi connectivity index (χ1n) is 17.5. The predicted octanol–water partition coefficient (Wildman–Crippen LogP) is 12.2. The summed E-state index contributed by atoms with van der Waals surface area (Å²) in [6.45, 7) is 0. The zero-order valence-electron chi connectivity index (χ0n) is 27.9. The van der Waals surface area contributed by atoms with Crippen molar-refractivity contribution in [2.75, 3.05) is 0 Å². The molecule has 3 heterocycles. The molecule has 0 aliphatic rings. The highest BCUT2D eigenvalue weighted by Gasteiger charge is 2.22. The van der Waals surface area contributed by atoms with Crippen molar-refractivity contribution in [1.29, 1.82) is 0 Å². The highest BCUT2D eigenvalue weighted by Crippen LogP contribution is 2.42. The van der Waals surface area contributed by atoms with Gasteiger partial charge in [0.05, 0.1) is 11.0 Å². The molecule has 11 rings (SSSR count). The standard InChI is InChI=1S/C47H28N4O/c1-3-14-30(15-4-1)45-48-46(35-21-11-20-34-33(35)27-28-41-43(34)36-19-9-10-24-40(36)52-41)50-47(49-45)38-22-12-23-39-42(38)37-26-25-29-13-7-8-18-32(29)44(37)51(39)31-16-5-2-6-17-31/h1-28H. The van der Waals surface area contributed by atoms with E-state index in [4.69, 9.17) is 19.4 Å². The lowest BCUT2D eigenvalue weighted by molar-refractivity contribution is 0.669. The molecular formula is C47H28N4O. The molecule has 8 aromatic carbocycles. The van der Waals surface area contributed by atoms with Gasteiger partial charge in [-0.15, -0.1) is 0 Å². The van der Waals surface area contributed by atoms with Gasteiger partial charge >= 0.3 is 0 Å². The lowest BCUT2D eigenvalue weighted by Crippen LogP contribution is -2.01. The van der Waals surface area contributed by atoms with Crippen molar-refractivity contribution in [3.8, 4) is 39.9 Å².